The second-order valence-corrected chi connectivity index (χ2v) is 7.13. The molecule has 1 fully saturated rings. The van der Waals surface area contributed by atoms with E-state index in [1.165, 1.54) is 6.08 Å². The molecule has 1 heterocycles. The van der Waals surface area contributed by atoms with Gasteiger partial charge >= 0.3 is 12.1 Å². The summed E-state index contributed by atoms with van der Waals surface area (Å²) in [4.78, 5) is 27.4. The van der Waals surface area contributed by atoms with Crippen molar-refractivity contribution >= 4 is 23.8 Å². The van der Waals surface area contributed by atoms with Gasteiger partial charge in [0.1, 0.15) is 5.60 Å². The fourth-order valence-corrected chi connectivity index (χ4v) is 2.62. The summed E-state index contributed by atoms with van der Waals surface area (Å²) in [6.07, 6.45) is 2.91. The van der Waals surface area contributed by atoms with E-state index in [2.05, 4.69) is 4.90 Å². The number of anilines is 1. The highest BCUT2D eigenvalue weighted by molar-refractivity contribution is 5.87. The van der Waals surface area contributed by atoms with Gasteiger partial charge in [-0.3, -0.25) is 0 Å². The molecule has 1 aliphatic rings. The Kier molecular flexibility index (Phi) is 6.66. The van der Waals surface area contributed by atoms with Gasteiger partial charge in [0.05, 0.1) is 6.61 Å². The van der Waals surface area contributed by atoms with Crippen LogP contribution < -0.4 is 4.90 Å². The predicted octanol–water partition coefficient (Wildman–Crippen LogP) is 3.32. The predicted molar refractivity (Wildman–Crippen MR) is 102 cm³/mol. The van der Waals surface area contributed by atoms with Crippen molar-refractivity contribution in [2.24, 2.45) is 0 Å². The van der Waals surface area contributed by atoms with Crippen molar-refractivity contribution < 1.29 is 19.1 Å². The van der Waals surface area contributed by atoms with Gasteiger partial charge in [0.15, 0.2) is 0 Å². The molecule has 6 heteroatoms. The van der Waals surface area contributed by atoms with Gasteiger partial charge in [-0.25, -0.2) is 9.59 Å². The maximum absolute atomic E-state index is 12.1. The Morgan fingerprint density at radius 2 is 1.69 bits per heavy atom. The largest absolute Gasteiger partial charge is 0.463 e. The molecule has 1 amide bonds. The normalized spacial score (nSPS) is 15.2. The minimum absolute atomic E-state index is 0.253. The average Bonchev–Trinajstić information content (AvgIpc) is 2.59. The van der Waals surface area contributed by atoms with Crippen molar-refractivity contribution in [2.75, 3.05) is 37.7 Å². The molecule has 0 aromatic heterocycles. The van der Waals surface area contributed by atoms with Gasteiger partial charge in [-0.1, -0.05) is 12.1 Å². The van der Waals surface area contributed by atoms with Gasteiger partial charge in [-0.15, -0.1) is 0 Å². The minimum atomic E-state index is -0.471. The standard InChI is InChI=1S/C20H28N2O4/c1-5-25-18(23)11-8-16-6-9-17(10-7-16)21-12-14-22(15-13-21)19(24)26-20(2,3)4/h6-11H,5,12-15H2,1-4H3/b11-8+. The lowest BCUT2D eigenvalue weighted by atomic mass is 10.1. The van der Waals surface area contributed by atoms with E-state index in [-0.39, 0.29) is 12.1 Å². The maximum Gasteiger partial charge on any atom is 0.410 e. The number of hydrogen-bond acceptors (Lipinski definition) is 5. The lowest BCUT2D eigenvalue weighted by molar-refractivity contribution is -0.137. The van der Waals surface area contributed by atoms with Crippen LogP contribution in [0.1, 0.15) is 33.3 Å². The molecule has 0 atom stereocenters. The quantitative estimate of drug-likeness (QED) is 0.609. The van der Waals surface area contributed by atoms with Gasteiger partial charge in [0.2, 0.25) is 0 Å². The molecule has 0 unspecified atom stereocenters. The van der Waals surface area contributed by atoms with E-state index in [0.29, 0.717) is 19.7 Å². The number of carbonyl (C=O) groups is 2. The lowest BCUT2D eigenvalue weighted by Crippen LogP contribution is -2.50. The Hall–Kier alpha value is -2.50. The topological polar surface area (TPSA) is 59.1 Å². The molecule has 0 saturated carbocycles. The molecule has 0 bridgehead atoms. The van der Waals surface area contributed by atoms with E-state index in [4.69, 9.17) is 9.47 Å². The summed E-state index contributed by atoms with van der Waals surface area (Å²) in [6.45, 7) is 10.6. The number of amides is 1. The molecule has 26 heavy (non-hydrogen) atoms. The first kappa shape index (κ1) is 19.8. The van der Waals surface area contributed by atoms with E-state index in [0.717, 1.165) is 24.3 Å². The van der Waals surface area contributed by atoms with Gasteiger partial charge in [-0.2, -0.15) is 0 Å². The fraction of sp³-hybridized carbons (Fsp3) is 0.500. The van der Waals surface area contributed by atoms with Gasteiger partial charge < -0.3 is 19.3 Å². The molecule has 1 aromatic rings. The first-order chi connectivity index (χ1) is 12.3. The third kappa shape index (κ3) is 6.10. The summed E-state index contributed by atoms with van der Waals surface area (Å²) in [5.74, 6) is -0.338. The number of esters is 1. The van der Waals surface area contributed by atoms with Crippen molar-refractivity contribution in [3.05, 3.63) is 35.9 Å². The van der Waals surface area contributed by atoms with Crippen molar-refractivity contribution in [2.45, 2.75) is 33.3 Å². The van der Waals surface area contributed by atoms with Crippen molar-refractivity contribution in [1.29, 1.82) is 0 Å². The zero-order valence-electron chi connectivity index (χ0n) is 16.0. The molecule has 1 aromatic carbocycles. The highest BCUT2D eigenvalue weighted by atomic mass is 16.6. The molecule has 0 aliphatic carbocycles. The van der Waals surface area contributed by atoms with Crippen molar-refractivity contribution in [3.63, 3.8) is 0 Å². The number of hydrogen-bond donors (Lipinski definition) is 0. The average molecular weight is 360 g/mol. The number of ether oxygens (including phenoxy) is 2. The summed E-state index contributed by atoms with van der Waals surface area (Å²) < 4.78 is 10.3. The van der Waals surface area contributed by atoms with Crippen LogP contribution in [0.2, 0.25) is 0 Å². The van der Waals surface area contributed by atoms with Crippen LogP contribution in [0.25, 0.3) is 6.08 Å². The zero-order valence-corrected chi connectivity index (χ0v) is 16.0. The van der Waals surface area contributed by atoms with Crippen LogP contribution in [-0.4, -0.2) is 55.3 Å². The molecular weight excluding hydrogens is 332 g/mol. The summed E-state index contributed by atoms with van der Waals surface area (Å²) in [6, 6.07) is 7.97. The number of piperazine rings is 1. The Balaban J connectivity index is 1.87. The van der Waals surface area contributed by atoms with Crippen LogP contribution in [0, 0.1) is 0 Å². The first-order valence-corrected chi connectivity index (χ1v) is 8.96. The molecule has 0 N–H and O–H groups in total. The van der Waals surface area contributed by atoms with E-state index in [1.807, 2.05) is 45.0 Å². The molecule has 1 saturated heterocycles. The van der Waals surface area contributed by atoms with Crippen LogP contribution in [0.3, 0.4) is 0 Å². The second-order valence-electron chi connectivity index (χ2n) is 7.13. The van der Waals surface area contributed by atoms with E-state index in [1.54, 1.807) is 17.9 Å². The third-order valence-electron chi connectivity index (χ3n) is 3.89. The SMILES string of the molecule is CCOC(=O)/C=C/c1ccc(N2CCN(C(=O)OC(C)(C)C)CC2)cc1. The Morgan fingerprint density at radius 1 is 1.08 bits per heavy atom. The van der Waals surface area contributed by atoms with Crippen molar-refractivity contribution in [1.82, 2.24) is 4.90 Å². The third-order valence-corrected chi connectivity index (χ3v) is 3.89. The van der Waals surface area contributed by atoms with Crippen LogP contribution in [0.15, 0.2) is 30.3 Å². The Morgan fingerprint density at radius 3 is 2.23 bits per heavy atom. The summed E-state index contributed by atoms with van der Waals surface area (Å²) in [5, 5.41) is 0. The minimum Gasteiger partial charge on any atom is -0.463 e. The molecule has 1 aliphatic heterocycles. The second kappa shape index (κ2) is 8.74. The number of carbonyl (C=O) groups excluding carboxylic acids is 2. The summed E-state index contributed by atoms with van der Waals surface area (Å²) in [7, 11) is 0. The number of rotatable bonds is 4. The monoisotopic (exact) mass is 360 g/mol. The van der Waals surface area contributed by atoms with Crippen LogP contribution in [0.5, 0.6) is 0 Å². The summed E-state index contributed by atoms with van der Waals surface area (Å²) >= 11 is 0. The lowest BCUT2D eigenvalue weighted by Gasteiger charge is -2.36. The van der Waals surface area contributed by atoms with E-state index in [9.17, 15) is 9.59 Å². The fourth-order valence-electron chi connectivity index (χ4n) is 2.62. The smallest absolute Gasteiger partial charge is 0.410 e. The Bertz CT molecular complexity index is 639. The van der Waals surface area contributed by atoms with Gasteiger partial charge in [0.25, 0.3) is 0 Å². The molecule has 0 spiro atoms. The molecular formula is C20H28N2O4. The number of benzene rings is 1. The number of nitrogens with zero attached hydrogens (tertiary/aromatic N) is 2. The Labute approximate surface area is 155 Å². The molecule has 2 rings (SSSR count). The first-order valence-electron chi connectivity index (χ1n) is 8.96. The van der Waals surface area contributed by atoms with E-state index >= 15 is 0 Å². The van der Waals surface area contributed by atoms with Gasteiger partial charge in [0, 0.05) is 37.9 Å². The molecule has 142 valence electrons. The van der Waals surface area contributed by atoms with Gasteiger partial charge in [-0.05, 0) is 51.5 Å². The zero-order chi connectivity index (χ0) is 19.2. The highest BCUT2D eigenvalue weighted by Gasteiger charge is 2.25. The highest BCUT2D eigenvalue weighted by Crippen LogP contribution is 2.19. The van der Waals surface area contributed by atoms with Crippen LogP contribution in [0.4, 0.5) is 10.5 Å². The van der Waals surface area contributed by atoms with Crippen molar-refractivity contribution in [3.8, 4) is 0 Å². The summed E-state index contributed by atoms with van der Waals surface area (Å²) in [5.41, 5.74) is 1.57. The molecule has 0 radical (unpaired) electrons. The molecule has 6 nitrogen and oxygen atoms in total. The van der Waals surface area contributed by atoms with Crippen LogP contribution in [-0.2, 0) is 14.3 Å². The maximum atomic E-state index is 12.1. The van der Waals surface area contributed by atoms with Crippen LogP contribution >= 0.6 is 0 Å². The van der Waals surface area contributed by atoms with E-state index < -0.39 is 5.60 Å².